The van der Waals surface area contributed by atoms with Crippen molar-refractivity contribution in [1.29, 1.82) is 0 Å². The summed E-state index contributed by atoms with van der Waals surface area (Å²) >= 11 is 0. The lowest BCUT2D eigenvalue weighted by molar-refractivity contribution is 0.0684. The molecule has 2 aliphatic rings. The first kappa shape index (κ1) is 24.5. The summed E-state index contributed by atoms with van der Waals surface area (Å²) in [5, 5.41) is 4.51. The largest absolute Gasteiger partial charge is 0.482 e. The number of pyridine rings is 1. The first-order valence-corrected chi connectivity index (χ1v) is 12.1. The fourth-order valence-electron chi connectivity index (χ4n) is 4.76. The zero-order valence-corrected chi connectivity index (χ0v) is 20.3. The number of ether oxygens (including phenoxy) is 1. The predicted molar refractivity (Wildman–Crippen MR) is 132 cm³/mol. The number of rotatable bonds is 7. The molecule has 0 unspecified atom stereocenters. The van der Waals surface area contributed by atoms with Crippen LogP contribution in [0.2, 0.25) is 0 Å². The summed E-state index contributed by atoms with van der Waals surface area (Å²) in [7, 11) is 0. The van der Waals surface area contributed by atoms with Crippen molar-refractivity contribution in [1.82, 2.24) is 14.9 Å². The van der Waals surface area contributed by atoms with Crippen LogP contribution in [-0.2, 0) is 19.6 Å². The molecule has 3 aromatic rings. The van der Waals surface area contributed by atoms with E-state index in [-0.39, 0.29) is 41.6 Å². The molecule has 1 aromatic heterocycles. The molecule has 0 bridgehead atoms. The Bertz CT molecular complexity index is 1420. The van der Waals surface area contributed by atoms with Crippen LogP contribution in [0.1, 0.15) is 51.0 Å². The zero-order valence-electron chi connectivity index (χ0n) is 20.3. The SMILES string of the molecule is CCN1CN2CCCc3c(C(=O)NCc4ccc(F)cc4F)c(=O)c(OCc4ccccc4)c(n32)C1=O. The number of amides is 2. The van der Waals surface area contributed by atoms with Gasteiger partial charge in [0.15, 0.2) is 11.4 Å². The van der Waals surface area contributed by atoms with Crippen LogP contribution >= 0.6 is 0 Å². The molecular weight excluding hydrogens is 482 g/mol. The molecule has 0 saturated heterocycles. The van der Waals surface area contributed by atoms with Gasteiger partial charge < -0.3 is 15.0 Å². The smallest absolute Gasteiger partial charge is 0.277 e. The molecule has 8 nitrogen and oxygen atoms in total. The van der Waals surface area contributed by atoms with E-state index in [1.807, 2.05) is 42.3 Å². The minimum atomic E-state index is -0.799. The molecule has 0 atom stereocenters. The highest BCUT2D eigenvalue weighted by Gasteiger charge is 2.39. The lowest BCUT2D eigenvalue weighted by atomic mass is 10.0. The Morgan fingerprint density at radius 2 is 1.89 bits per heavy atom. The summed E-state index contributed by atoms with van der Waals surface area (Å²) < 4.78 is 35.0. The van der Waals surface area contributed by atoms with Crippen molar-refractivity contribution in [2.24, 2.45) is 0 Å². The maximum atomic E-state index is 14.1. The van der Waals surface area contributed by atoms with Crippen LogP contribution in [-0.4, -0.2) is 41.1 Å². The molecule has 1 N–H and O–H groups in total. The second-order valence-electron chi connectivity index (χ2n) is 8.97. The fraction of sp³-hybridized carbons (Fsp3) is 0.296. The average Bonchev–Trinajstić information content (AvgIpc) is 2.89. The van der Waals surface area contributed by atoms with Gasteiger partial charge in [0.05, 0.1) is 5.69 Å². The summed E-state index contributed by atoms with van der Waals surface area (Å²) in [6, 6.07) is 12.3. The number of hydrogen-bond donors (Lipinski definition) is 1. The summed E-state index contributed by atoms with van der Waals surface area (Å²) in [5.74, 6) is -2.78. The number of carbonyl (C=O) groups excluding carboxylic acids is 2. The van der Waals surface area contributed by atoms with Gasteiger partial charge in [0.1, 0.15) is 30.5 Å². The molecule has 2 aliphatic heterocycles. The number of benzene rings is 2. The van der Waals surface area contributed by atoms with Gasteiger partial charge in [-0.05, 0) is 31.4 Å². The number of carbonyl (C=O) groups is 2. The predicted octanol–water partition coefficient (Wildman–Crippen LogP) is 2.95. The highest BCUT2D eigenvalue weighted by molar-refractivity contribution is 6.00. The van der Waals surface area contributed by atoms with Gasteiger partial charge in [-0.15, -0.1) is 0 Å². The van der Waals surface area contributed by atoms with Crippen LogP contribution in [0.5, 0.6) is 5.75 Å². The molecular formula is C27H26F2N4O4. The van der Waals surface area contributed by atoms with Gasteiger partial charge in [-0.1, -0.05) is 36.4 Å². The van der Waals surface area contributed by atoms with Crippen LogP contribution < -0.4 is 20.5 Å². The third kappa shape index (κ3) is 4.54. The van der Waals surface area contributed by atoms with E-state index >= 15 is 0 Å². The molecule has 37 heavy (non-hydrogen) atoms. The summed E-state index contributed by atoms with van der Waals surface area (Å²) in [5.41, 5.74) is 0.558. The number of nitrogens with zero attached hydrogens (tertiary/aromatic N) is 3. The molecule has 2 aromatic carbocycles. The van der Waals surface area contributed by atoms with E-state index in [2.05, 4.69) is 5.32 Å². The Labute approximate surface area is 212 Å². The number of nitrogens with one attached hydrogen (secondary N) is 1. The fourth-order valence-corrected chi connectivity index (χ4v) is 4.76. The summed E-state index contributed by atoms with van der Waals surface area (Å²) in [4.78, 5) is 42.2. The Kier molecular flexibility index (Phi) is 6.64. The zero-order chi connectivity index (χ0) is 26.1. The minimum Gasteiger partial charge on any atom is -0.482 e. The van der Waals surface area contributed by atoms with E-state index in [1.165, 1.54) is 6.07 Å². The van der Waals surface area contributed by atoms with E-state index in [0.717, 1.165) is 17.7 Å². The molecule has 0 aliphatic carbocycles. The Balaban J connectivity index is 1.58. The molecule has 2 amide bonds. The van der Waals surface area contributed by atoms with Gasteiger partial charge in [0, 0.05) is 31.3 Å². The van der Waals surface area contributed by atoms with Gasteiger partial charge >= 0.3 is 0 Å². The average molecular weight is 509 g/mol. The van der Waals surface area contributed by atoms with Crippen molar-refractivity contribution in [2.45, 2.75) is 32.9 Å². The van der Waals surface area contributed by atoms with E-state index in [1.54, 1.807) is 9.58 Å². The Morgan fingerprint density at radius 1 is 1.11 bits per heavy atom. The van der Waals surface area contributed by atoms with E-state index in [9.17, 15) is 23.2 Å². The van der Waals surface area contributed by atoms with Crippen LogP contribution in [0.3, 0.4) is 0 Å². The van der Waals surface area contributed by atoms with Crippen molar-refractivity contribution >= 4 is 11.8 Å². The van der Waals surface area contributed by atoms with Crippen molar-refractivity contribution in [3.05, 3.63) is 98.5 Å². The Hall–Kier alpha value is -4.21. The standard InChI is InChI=1S/C27H26F2N4O4/c1-2-31-16-32-12-6-9-21-22(26(35)30-14-18-10-11-19(28)13-20(18)29)24(34)25(23(27(31)36)33(21)32)37-15-17-7-4-3-5-8-17/h3-5,7-8,10-11,13H,2,6,9,12,14-16H2,1H3,(H,30,35). The first-order chi connectivity index (χ1) is 17.9. The second kappa shape index (κ2) is 10.0. The minimum absolute atomic E-state index is 0.0314. The maximum Gasteiger partial charge on any atom is 0.277 e. The van der Waals surface area contributed by atoms with Crippen molar-refractivity contribution < 1.29 is 23.1 Å². The van der Waals surface area contributed by atoms with Crippen molar-refractivity contribution in [2.75, 3.05) is 24.8 Å². The second-order valence-corrected chi connectivity index (χ2v) is 8.97. The molecule has 0 fully saturated rings. The first-order valence-electron chi connectivity index (χ1n) is 12.1. The van der Waals surface area contributed by atoms with Gasteiger partial charge in [-0.3, -0.25) is 24.1 Å². The molecule has 0 spiro atoms. The molecule has 3 heterocycles. The number of halogens is 2. The molecule has 5 rings (SSSR count). The van der Waals surface area contributed by atoms with Crippen molar-refractivity contribution in [3.63, 3.8) is 0 Å². The maximum absolute atomic E-state index is 14.1. The van der Waals surface area contributed by atoms with Gasteiger partial charge in [0.25, 0.3) is 11.8 Å². The summed E-state index contributed by atoms with van der Waals surface area (Å²) in [6.07, 6.45) is 1.09. The van der Waals surface area contributed by atoms with E-state index < -0.39 is 23.0 Å². The number of hydrogen-bond acceptors (Lipinski definition) is 5. The van der Waals surface area contributed by atoms with Gasteiger partial charge in [0.2, 0.25) is 5.43 Å². The van der Waals surface area contributed by atoms with Gasteiger partial charge in [-0.2, -0.15) is 0 Å². The highest BCUT2D eigenvalue weighted by Crippen LogP contribution is 2.29. The topological polar surface area (TPSA) is 83.9 Å². The normalized spacial score (nSPS) is 14.4. The highest BCUT2D eigenvalue weighted by atomic mass is 19.1. The molecule has 0 radical (unpaired) electrons. The molecule has 0 saturated carbocycles. The third-order valence-electron chi connectivity index (χ3n) is 6.63. The quantitative estimate of drug-likeness (QED) is 0.531. The van der Waals surface area contributed by atoms with E-state index in [0.29, 0.717) is 38.3 Å². The lowest BCUT2D eigenvalue weighted by Crippen LogP contribution is -2.57. The third-order valence-corrected chi connectivity index (χ3v) is 6.63. The van der Waals surface area contributed by atoms with Crippen molar-refractivity contribution in [3.8, 4) is 5.75 Å². The molecule has 192 valence electrons. The van der Waals surface area contributed by atoms with Crippen LogP contribution in [0.4, 0.5) is 8.78 Å². The van der Waals surface area contributed by atoms with Gasteiger partial charge in [-0.25, -0.2) is 8.78 Å². The van der Waals surface area contributed by atoms with Crippen LogP contribution in [0.25, 0.3) is 0 Å². The summed E-state index contributed by atoms with van der Waals surface area (Å²) in [6.45, 7) is 3.05. The van der Waals surface area contributed by atoms with E-state index in [4.69, 9.17) is 4.74 Å². The van der Waals surface area contributed by atoms with Crippen LogP contribution in [0.15, 0.2) is 53.3 Å². The van der Waals surface area contributed by atoms with Crippen LogP contribution in [0, 0.1) is 11.6 Å². The lowest BCUT2D eigenvalue weighted by Gasteiger charge is -2.43. The monoisotopic (exact) mass is 508 g/mol. The number of aromatic nitrogens is 1. The molecule has 10 heteroatoms. The Morgan fingerprint density at radius 3 is 2.62 bits per heavy atom.